The van der Waals surface area contributed by atoms with Crippen molar-refractivity contribution in [1.29, 1.82) is 5.26 Å². The van der Waals surface area contributed by atoms with E-state index in [-0.39, 0.29) is 16.7 Å². The Kier molecular flexibility index (Phi) is 4.57. The van der Waals surface area contributed by atoms with Gasteiger partial charge in [-0.1, -0.05) is 0 Å². The van der Waals surface area contributed by atoms with Crippen molar-refractivity contribution < 1.29 is 13.2 Å². The second-order valence-electron chi connectivity index (χ2n) is 3.80. The van der Waals surface area contributed by atoms with Gasteiger partial charge in [0.1, 0.15) is 10.9 Å². The Balaban J connectivity index is 1.92. The zero-order chi connectivity index (χ0) is 14.6. The molecule has 1 aromatic heterocycles. The Hall–Kier alpha value is -1.65. The summed E-state index contributed by atoms with van der Waals surface area (Å²) in [5, 5.41) is 11.8. The largest absolute Gasteiger partial charge is 0.446 e. The number of hydrogen-bond donors (Lipinski definition) is 1. The Bertz CT molecular complexity index is 612. The summed E-state index contributed by atoms with van der Waals surface area (Å²) in [6, 6.07) is 11.7. The monoisotopic (exact) mass is 314 g/mol. The molecule has 0 saturated heterocycles. The van der Waals surface area contributed by atoms with Gasteiger partial charge in [-0.25, -0.2) is 0 Å². The topological polar surface area (TPSA) is 35.8 Å². The molecule has 0 atom stereocenters. The molecule has 1 N–H and O–H groups in total. The summed E-state index contributed by atoms with van der Waals surface area (Å²) in [4.78, 5) is 1.79. The first-order valence-electron chi connectivity index (χ1n) is 5.55. The minimum absolute atomic E-state index is 0.132. The van der Waals surface area contributed by atoms with Gasteiger partial charge < -0.3 is 5.32 Å². The van der Waals surface area contributed by atoms with Crippen molar-refractivity contribution in [2.24, 2.45) is 0 Å². The molecule has 1 aromatic carbocycles. The fourth-order valence-electron chi connectivity index (χ4n) is 1.50. The molecule has 2 rings (SSSR count). The maximum Gasteiger partial charge on any atom is 0.446 e. The molecule has 0 aliphatic heterocycles. The first-order valence-corrected chi connectivity index (χ1v) is 7.18. The van der Waals surface area contributed by atoms with E-state index in [2.05, 4.69) is 11.4 Å². The lowest BCUT2D eigenvalue weighted by Crippen LogP contribution is -2.00. The van der Waals surface area contributed by atoms with Gasteiger partial charge in [0.05, 0.1) is 0 Å². The number of benzene rings is 1. The normalized spacial score (nSPS) is 11.1. The summed E-state index contributed by atoms with van der Waals surface area (Å²) in [5.41, 5.74) is -3.52. The van der Waals surface area contributed by atoms with E-state index < -0.39 is 5.51 Å². The number of nitrogens with zero attached hydrogens (tertiary/aromatic N) is 1. The molecule has 0 fully saturated rings. The minimum atomic E-state index is -4.26. The van der Waals surface area contributed by atoms with Crippen molar-refractivity contribution in [3.63, 3.8) is 0 Å². The molecule has 7 heteroatoms. The number of hydrogen-bond acceptors (Lipinski definition) is 4. The Morgan fingerprint density at radius 2 is 1.85 bits per heavy atom. The molecule has 0 radical (unpaired) electrons. The standard InChI is InChI=1S/C13H9F3N2S2/c14-13(15,16)20-10-3-1-9(2-4-10)18-8-12-6-5-11(7-17)19-12/h1-6,18H,8H2. The van der Waals surface area contributed by atoms with Gasteiger partial charge in [0.2, 0.25) is 0 Å². The molecule has 0 unspecified atom stereocenters. The van der Waals surface area contributed by atoms with Crippen LogP contribution in [-0.2, 0) is 6.54 Å². The number of thiophene rings is 1. The lowest BCUT2D eigenvalue weighted by atomic mass is 10.3. The number of rotatable bonds is 4. The number of nitriles is 1. The zero-order valence-corrected chi connectivity index (χ0v) is 11.7. The average Bonchev–Trinajstić information content (AvgIpc) is 2.84. The Labute approximate surface area is 122 Å². The average molecular weight is 314 g/mol. The van der Waals surface area contributed by atoms with Gasteiger partial charge in [-0.15, -0.1) is 11.3 Å². The second-order valence-corrected chi connectivity index (χ2v) is 6.11. The van der Waals surface area contributed by atoms with Crippen molar-refractivity contribution in [2.45, 2.75) is 16.9 Å². The summed E-state index contributed by atoms with van der Waals surface area (Å²) in [7, 11) is 0. The van der Waals surface area contributed by atoms with Crippen molar-refractivity contribution in [3.05, 3.63) is 46.2 Å². The third-order valence-electron chi connectivity index (χ3n) is 2.33. The molecule has 104 valence electrons. The highest BCUT2D eigenvalue weighted by Gasteiger charge is 2.28. The lowest BCUT2D eigenvalue weighted by molar-refractivity contribution is -0.0328. The van der Waals surface area contributed by atoms with Crippen LogP contribution in [0.1, 0.15) is 9.75 Å². The van der Waals surface area contributed by atoms with E-state index in [1.807, 2.05) is 6.07 Å². The summed E-state index contributed by atoms with van der Waals surface area (Å²) in [6.45, 7) is 0.540. The molecular weight excluding hydrogens is 305 g/mol. The van der Waals surface area contributed by atoms with Crippen LogP contribution >= 0.6 is 23.1 Å². The maximum absolute atomic E-state index is 12.2. The second kappa shape index (κ2) is 6.20. The number of nitrogens with one attached hydrogen (secondary N) is 1. The lowest BCUT2D eigenvalue weighted by Gasteiger charge is -2.08. The smallest absolute Gasteiger partial charge is 0.380 e. The van der Waals surface area contributed by atoms with Gasteiger partial charge in [0, 0.05) is 22.0 Å². The highest BCUT2D eigenvalue weighted by molar-refractivity contribution is 8.00. The maximum atomic E-state index is 12.2. The first-order chi connectivity index (χ1) is 9.46. The van der Waals surface area contributed by atoms with Crippen LogP contribution in [0.25, 0.3) is 0 Å². The van der Waals surface area contributed by atoms with Crippen molar-refractivity contribution >= 4 is 28.8 Å². The van der Waals surface area contributed by atoms with Crippen LogP contribution in [0.4, 0.5) is 18.9 Å². The van der Waals surface area contributed by atoms with E-state index in [1.54, 1.807) is 18.2 Å². The van der Waals surface area contributed by atoms with Gasteiger partial charge >= 0.3 is 5.51 Å². The van der Waals surface area contributed by atoms with Gasteiger partial charge in [0.25, 0.3) is 0 Å². The highest BCUT2D eigenvalue weighted by Crippen LogP contribution is 2.37. The van der Waals surface area contributed by atoms with Crippen LogP contribution < -0.4 is 5.32 Å². The third-order valence-corrected chi connectivity index (χ3v) is 4.06. The van der Waals surface area contributed by atoms with E-state index >= 15 is 0 Å². The van der Waals surface area contributed by atoms with E-state index in [1.165, 1.54) is 23.5 Å². The molecule has 0 saturated carbocycles. The molecule has 2 nitrogen and oxygen atoms in total. The molecule has 0 amide bonds. The summed E-state index contributed by atoms with van der Waals surface area (Å²) >= 11 is 1.26. The number of anilines is 1. The predicted octanol–water partition coefficient (Wildman–Crippen LogP) is 4.84. The molecule has 0 aliphatic rings. The van der Waals surface area contributed by atoms with Gasteiger partial charge in [-0.2, -0.15) is 18.4 Å². The van der Waals surface area contributed by atoms with Crippen LogP contribution in [0.15, 0.2) is 41.3 Å². The van der Waals surface area contributed by atoms with Crippen LogP contribution in [-0.4, -0.2) is 5.51 Å². The molecule has 1 heterocycles. The molecule has 0 spiro atoms. The fourth-order valence-corrected chi connectivity index (χ4v) is 2.78. The molecule has 2 aromatic rings. The SMILES string of the molecule is N#Cc1ccc(CNc2ccc(SC(F)(F)F)cc2)s1. The van der Waals surface area contributed by atoms with Gasteiger partial charge in [-0.05, 0) is 48.2 Å². The molecule has 20 heavy (non-hydrogen) atoms. The Morgan fingerprint density at radius 3 is 2.40 bits per heavy atom. The molecular formula is C13H9F3N2S2. The number of thioether (sulfide) groups is 1. The molecule has 0 aliphatic carbocycles. The fraction of sp³-hybridized carbons (Fsp3) is 0.154. The van der Waals surface area contributed by atoms with Crippen LogP contribution in [0, 0.1) is 11.3 Å². The summed E-state index contributed by atoms with van der Waals surface area (Å²) in [5.74, 6) is 0. The zero-order valence-electron chi connectivity index (χ0n) is 10.1. The molecule has 0 bridgehead atoms. The quantitative estimate of drug-likeness (QED) is 0.820. The first kappa shape index (κ1) is 14.8. The third kappa shape index (κ3) is 4.47. The van der Waals surface area contributed by atoms with Gasteiger partial charge in [0.15, 0.2) is 0 Å². The van der Waals surface area contributed by atoms with E-state index in [0.29, 0.717) is 11.4 Å². The van der Waals surface area contributed by atoms with Crippen LogP contribution in [0.3, 0.4) is 0 Å². The van der Waals surface area contributed by atoms with Crippen LogP contribution in [0.5, 0.6) is 0 Å². The van der Waals surface area contributed by atoms with Crippen molar-refractivity contribution in [1.82, 2.24) is 0 Å². The summed E-state index contributed by atoms with van der Waals surface area (Å²) < 4.78 is 36.5. The van der Waals surface area contributed by atoms with E-state index in [4.69, 9.17) is 5.26 Å². The number of halogens is 3. The van der Waals surface area contributed by atoms with Crippen molar-refractivity contribution in [2.75, 3.05) is 5.32 Å². The Morgan fingerprint density at radius 1 is 1.15 bits per heavy atom. The predicted molar refractivity (Wildman–Crippen MR) is 74.7 cm³/mol. The summed E-state index contributed by atoms with van der Waals surface area (Å²) in [6.07, 6.45) is 0. The minimum Gasteiger partial charge on any atom is -0.380 e. The number of alkyl halides is 3. The highest BCUT2D eigenvalue weighted by atomic mass is 32.2. The van der Waals surface area contributed by atoms with E-state index in [9.17, 15) is 13.2 Å². The van der Waals surface area contributed by atoms with Gasteiger partial charge in [-0.3, -0.25) is 0 Å². The van der Waals surface area contributed by atoms with Crippen LogP contribution in [0.2, 0.25) is 0 Å². The van der Waals surface area contributed by atoms with E-state index in [0.717, 1.165) is 10.6 Å². The van der Waals surface area contributed by atoms with Crippen molar-refractivity contribution in [3.8, 4) is 6.07 Å².